The zero-order chi connectivity index (χ0) is 13.8. The standard InChI is InChI=1S/C13H15N3O2S/c1-8(12-14-5-6-19-12)7-15-11-4-3-10(13(17)18)9(2)16-11/h3-6,8H,7H2,1-2H3,(H,15,16)(H,17,18). The van der Waals surface area contributed by atoms with E-state index in [1.165, 1.54) is 0 Å². The minimum absolute atomic E-state index is 0.235. The van der Waals surface area contributed by atoms with Gasteiger partial charge < -0.3 is 10.4 Å². The van der Waals surface area contributed by atoms with E-state index in [4.69, 9.17) is 5.11 Å². The molecule has 1 unspecified atom stereocenters. The molecule has 2 aromatic heterocycles. The number of aromatic carboxylic acids is 1. The van der Waals surface area contributed by atoms with Crippen LogP contribution >= 0.6 is 11.3 Å². The van der Waals surface area contributed by atoms with E-state index in [0.717, 1.165) is 5.01 Å². The molecule has 0 aliphatic carbocycles. The van der Waals surface area contributed by atoms with Crippen molar-refractivity contribution in [2.24, 2.45) is 0 Å². The Hall–Kier alpha value is -1.95. The molecular formula is C13H15N3O2S. The first kappa shape index (κ1) is 13.5. The van der Waals surface area contributed by atoms with Crippen molar-refractivity contribution in [1.82, 2.24) is 9.97 Å². The summed E-state index contributed by atoms with van der Waals surface area (Å²) in [7, 11) is 0. The molecule has 0 bridgehead atoms. The summed E-state index contributed by atoms with van der Waals surface area (Å²) >= 11 is 1.63. The lowest BCUT2D eigenvalue weighted by Crippen LogP contribution is -2.12. The monoisotopic (exact) mass is 277 g/mol. The molecule has 0 radical (unpaired) electrons. The maximum Gasteiger partial charge on any atom is 0.337 e. The molecule has 0 aromatic carbocycles. The van der Waals surface area contributed by atoms with Gasteiger partial charge in [0.15, 0.2) is 0 Å². The van der Waals surface area contributed by atoms with Crippen molar-refractivity contribution in [2.45, 2.75) is 19.8 Å². The molecular weight excluding hydrogens is 262 g/mol. The number of carboxylic acids is 1. The second-order valence-corrected chi connectivity index (χ2v) is 5.21. The highest BCUT2D eigenvalue weighted by Gasteiger charge is 2.10. The fourth-order valence-corrected chi connectivity index (χ4v) is 2.41. The molecule has 19 heavy (non-hydrogen) atoms. The molecule has 2 rings (SSSR count). The number of hydrogen-bond acceptors (Lipinski definition) is 5. The third-order valence-corrected chi connectivity index (χ3v) is 3.79. The lowest BCUT2D eigenvalue weighted by Gasteiger charge is -2.11. The van der Waals surface area contributed by atoms with Gasteiger partial charge in [0.05, 0.1) is 16.3 Å². The predicted octanol–water partition coefficient (Wildman–Crippen LogP) is 2.76. The average Bonchev–Trinajstić information content (AvgIpc) is 2.89. The van der Waals surface area contributed by atoms with E-state index in [9.17, 15) is 4.79 Å². The lowest BCUT2D eigenvalue weighted by atomic mass is 10.2. The van der Waals surface area contributed by atoms with Gasteiger partial charge in [0.25, 0.3) is 0 Å². The van der Waals surface area contributed by atoms with Gasteiger partial charge in [-0.3, -0.25) is 0 Å². The van der Waals surface area contributed by atoms with Crippen LogP contribution in [-0.4, -0.2) is 27.6 Å². The van der Waals surface area contributed by atoms with Crippen molar-refractivity contribution in [1.29, 1.82) is 0 Å². The van der Waals surface area contributed by atoms with Crippen molar-refractivity contribution >= 4 is 23.1 Å². The molecule has 0 amide bonds. The van der Waals surface area contributed by atoms with Crippen molar-refractivity contribution in [3.05, 3.63) is 40.0 Å². The van der Waals surface area contributed by atoms with E-state index in [2.05, 4.69) is 22.2 Å². The van der Waals surface area contributed by atoms with E-state index in [1.54, 1.807) is 36.6 Å². The zero-order valence-corrected chi connectivity index (χ0v) is 11.6. The van der Waals surface area contributed by atoms with Crippen LogP contribution in [-0.2, 0) is 0 Å². The Labute approximate surface area is 115 Å². The maximum absolute atomic E-state index is 10.9. The molecule has 0 aliphatic rings. The second kappa shape index (κ2) is 5.79. The van der Waals surface area contributed by atoms with Crippen LogP contribution in [0, 0.1) is 6.92 Å². The number of nitrogens with one attached hydrogen (secondary N) is 1. The number of rotatable bonds is 5. The van der Waals surface area contributed by atoms with E-state index in [0.29, 0.717) is 24.0 Å². The summed E-state index contributed by atoms with van der Waals surface area (Å²) in [5.74, 6) is 0.0277. The van der Waals surface area contributed by atoms with Crippen LogP contribution < -0.4 is 5.32 Å². The fraction of sp³-hybridized carbons (Fsp3) is 0.308. The third kappa shape index (κ3) is 3.29. The van der Waals surface area contributed by atoms with Crippen LogP contribution in [0.25, 0.3) is 0 Å². The number of aromatic nitrogens is 2. The van der Waals surface area contributed by atoms with Crippen molar-refractivity contribution < 1.29 is 9.90 Å². The van der Waals surface area contributed by atoms with Crippen molar-refractivity contribution in [2.75, 3.05) is 11.9 Å². The maximum atomic E-state index is 10.9. The average molecular weight is 277 g/mol. The number of thiazole rings is 1. The number of hydrogen-bond donors (Lipinski definition) is 2. The molecule has 5 nitrogen and oxygen atoms in total. The lowest BCUT2D eigenvalue weighted by molar-refractivity contribution is 0.0695. The van der Waals surface area contributed by atoms with E-state index < -0.39 is 5.97 Å². The van der Waals surface area contributed by atoms with Crippen LogP contribution in [0.15, 0.2) is 23.7 Å². The van der Waals surface area contributed by atoms with Crippen LogP contribution in [0.1, 0.15) is 33.9 Å². The summed E-state index contributed by atoms with van der Waals surface area (Å²) < 4.78 is 0. The van der Waals surface area contributed by atoms with E-state index in [-0.39, 0.29) is 5.56 Å². The zero-order valence-electron chi connectivity index (χ0n) is 10.8. The van der Waals surface area contributed by atoms with Gasteiger partial charge in [0, 0.05) is 24.0 Å². The Morgan fingerprint density at radius 2 is 2.32 bits per heavy atom. The quantitative estimate of drug-likeness (QED) is 0.879. The summed E-state index contributed by atoms with van der Waals surface area (Å²) in [6.07, 6.45) is 1.79. The van der Waals surface area contributed by atoms with E-state index >= 15 is 0 Å². The Morgan fingerprint density at radius 3 is 2.89 bits per heavy atom. The Morgan fingerprint density at radius 1 is 1.53 bits per heavy atom. The number of aryl methyl sites for hydroxylation is 1. The molecule has 0 fully saturated rings. The highest BCUT2D eigenvalue weighted by atomic mass is 32.1. The van der Waals surface area contributed by atoms with Gasteiger partial charge in [-0.15, -0.1) is 11.3 Å². The molecule has 2 aromatic rings. The van der Waals surface area contributed by atoms with Crippen molar-refractivity contribution in [3.63, 3.8) is 0 Å². The molecule has 0 aliphatic heterocycles. The number of carboxylic acid groups (broad SMARTS) is 1. The Bertz CT molecular complexity index is 569. The highest BCUT2D eigenvalue weighted by molar-refractivity contribution is 7.09. The van der Waals surface area contributed by atoms with Gasteiger partial charge in [0.1, 0.15) is 5.82 Å². The Kier molecular flexibility index (Phi) is 4.11. The largest absolute Gasteiger partial charge is 0.478 e. The minimum atomic E-state index is -0.951. The fourth-order valence-electron chi connectivity index (χ4n) is 1.71. The smallest absolute Gasteiger partial charge is 0.337 e. The molecule has 100 valence electrons. The van der Waals surface area contributed by atoms with Gasteiger partial charge in [-0.1, -0.05) is 6.92 Å². The van der Waals surface area contributed by atoms with Gasteiger partial charge in [0.2, 0.25) is 0 Å². The summed E-state index contributed by atoms with van der Waals surface area (Å²) in [6.45, 7) is 4.50. The van der Waals surface area contributed by atoms with Gasteiger partial charge in [-0.2, -0.15) is 0 Å². The van der Waals surface area contributed by atoms with E-state index in [1.807, 2.05) is 5.38 Å². The summed E-state index contributed by atoms with van der Waals surface area (Å²) in [4.78, 5) is 19.4. The van der Waals surface area contributed by atoms with Crippen LogP contribution in [0.2, 0.25) is 0 Å². The van der Waals surface area contributed by atoms with Gasteiger partial charge >= 0.3 is 5.97 Å². The molecule has 0 spiro atoms. The predicted molar refractivity (Wildman–Crippen MR) is 75.0 cm³/mol. The number of anilines is 1. The number of pyridine rings is 1. The summed E-state index contributed by atoms with van der Waals surface area (Å²) in [5, 5.41) is 15.2. The van der Waals surface area contributed by atoms with Gasteiger partial charge in [-0.25, -0.2) is 14.8 Å². The minimum Gasteiger partial charge on any atom is -0.478 e. The first-order valence-corrected chi connectivity index (χ1v) is 6.80. The second-order valence-electron chi connectivity index (χ2n) is 4.29. The van der Waals surface area contributed by atoms with Crippen LogP contribution in [0.3, 0.4) is 0 Å². The van der Waals surface area contributed by atoms with Crippen LogP contribution in [0.5, 0.6) is 0 Å². The summed E-state index contributed by atoms with van der Waals surface area (Å²) in [6, 6.07) is 3.26. The molecule has 2 N–H and O–H groups in total. The normalized spacial score (nSPS) is 12.1. The molecule has 0 saturated heterocycles. The number of carbonyl (C=O) groups is 1. The summed E-state index contributed by atoms with van der Waals surface area (Å²) in [5.41, 5.74) is 0.748. The van der Waals surface area contributed by atoms with Crippen molar-refractivity contribution in [3.8, 4) is 0 Å². The first-order valence-electron chi connectivity index (χ1n) is 5.92. The van der Waals surface area contributed by atoms with Gasteiger partial charge in [-0.05, 0) is 19.1 Å². The number of nitrogens with zero attached hydrogens (tertiary/aromatic N) is 2. The SMILES string of the molecule is Cc1nc(NCC(C)c2nccs2)ccc1C(=O)O. The Balaban J connectivity index is 2.00. The molecule has 2 heterocycles. The highest BCUT2D eigenvalue weighted by Crippen LogP contribution is 2.18. The van der Waals surface area contributed by atoms with Crippen LogP contribution in [0.4, 0.5) is 5.82 Å². The topological polar surface area (TPSA) is 75.1 Å². The third-order valence-electron chi connectivity index (χ3n) is 2.78. The molecule has 0 saturated carbocycles. The molecule has 1 atom stereocenters. The first-order chi connectivity index (χ1) is 9.08. The molecule has 6 heteroatoms.